The van der Waals surface area contributed by atoms with Crippen LogP contribution in [0.1, 0.15) is 44.7 Å². The second-order valence-corrected chi connectivity index (χ2v) is 6.31. The van der Waals surface area contributed by atoms with E-state index < -0.39 is 0 Å². The summed E-state index contributed by atoms with van der Waals surface area (Å²) in [5, 5.41) is 0.640. The van der Waals surface area contributed by atoms with Crippen LogP contribution < -0.4 is 10.5 Å². The Morgan fingerprint density at radius 2 is 2.17 bits per heavy atom. The summed E-state index contributed by atoms with van der Waals surface area (Å²) in [4.78, 5) is 0. The molecule has 2 unspecified atom stereocenters. The Labute approximate surface area is 114 Å². The summed E-state index contributed by atoms with van der Waals surface area (Å²) >= 11 is 6.17. The Kier molecular flexibility index (Phi) is 3.88. The van der Waals surface area contributed by atoms with E-state index >= 15 is 0 Å². The van der Waals surface area contributed by atoms with Gasteiger partial charge in [0.25, 0.3) is 0 Å². The first-order chi connectivity index (χ1) is 8.45. The van der Waals surface area contributed by atoms with Gasteiger partial charge in [-0.2, -0.15) is 0 Å². The van der Waals surface area contributed by atoms with E-state index in [0.29, 0.717) is 22.1 Å². The molecule has 1 fully saturated rings. The van der Waals surface area contributed by atoms with Crippen LogP contribution in [-0.4, -0.2) is 7.11 Å². The van der Waals surface area contributed by atoms with Crippen LogP contribution in [0.5, 0.6) is 5.75 Å². The third kappa shape index (κ3) is 2.50. The van der Waals surface area contributed by atoms with Crippen molar-refractivity contribution in [1.29, 1.82) is 0 Å². The molecule has 1 aromatic carbocycles. The smallest absolute Gasteiger partial charge is 0.137 e. The summed E-state index contributed by atoms with van der Waals surface area (Å²) in [7, 11) is 1.63. The minimum atomic E-state index is 0.0610. The van der Waals surface area contributed by atoms with Crippen LogP contribution in [0.4, 0.5) is 0 Å². The van der Waals surface area contributed by atoms with Crippen molar-refractivity contribution in [2.45, 2.75) is 39.2 Å². The SMILES string of the molecule is COc1ccc(C(N)C2CCCC2(C)C)cc1Cl. The highest BCUT2D eigenvalue weighted by Gasteiger charge is 2.38. The number of hydrogen-bond acceptors (Lipinski definition) is 2. The molecule has 2 rings (SSSR count). The Balaban J connectivity index is 2.23. The highest BCUT2D eigenvalue weighted by Crippen LogP contribution is 2.48. The zero-order valence-electron chi connectivity index (χ0n) is 11.4. The molecule has 3 heteroatoms. The van der Waals surface area contributed by atoms with Gasteiger partial charge < -0.3 is 10.5 Å². The van der Waals surface area contributed by atoms with Crippen molar-refractivity contribution < 1.29 is 4.74 Å². The second kappa shape index (κ2) is 5.10. The van der Waals surface area contributed by atoms with Gasteiger partial charge in [-0.15, -0.1) is 0 Å². The summed E-state index contributed by atoms with van der Waals surface area (Å²) in [5.74, 6) is 1.24. The zero-order chi connectivity index (χ0) is 13.3. The van der Waals surface area contributed by atoms with E-state index in [4.69, 9.17) is 22.1 Å². The van der Waals surface area contributed by atoms with Gasteiger partial charge in [0.2, 0.25) is 0 Å². The highest BCUT2D eigenvalue weighted by atomic mass is 35.5. The number of benzene rings is 1. The normalized spacial score (nSPS) is 23.9. The van der Waals surface area contributed by atoms with Crippen LogP contribution in [0.2, 0.25) is 5.02 Å². The molecular formula is C15H22ClNO. The van der Waals surface area contributed by atoms with Crippen LogP contribution in [0, 0.1) is 11.3 Å². The van der Waals surface area contributed by atoms with Gasteiger partial charge in [0, 0.05) is 6.04 Å². The fourth-order valence-corrected chi connectivity index (χ4v) is 3.41. The van der Waals surface area contributed by atoms with Crippen molar-refractivity contribution >= 4 is 11.6 Å². The van der Waals surface area contributed by atoms with Gasteiger partial charge in [-0.25, -0.2) is 0 Å². The average Bonchev–Trinajstić information content (AvgIpc) is 2.68. The lowest BCUT2D eigenvalue weighted by molar-refractivity contribution is 0.222. The number of rotatable bonds is 3. The molecule has 0 saturated heterocycles. The molecule has 2 N–H and O–H groups in total. The molecule has 18 heavy (non-hydrogen) atoms. The summed E-state index contributed by atoms with van der Waals surface area (Å²) in [6, 6.07) is 5.94. The van der Waals surface area contributed by atoms with Crippen molar-refractivity contribution in [2.75, 3.05) is 7.11 Å². The number of methoxy groups -OCH3 is 1. The highest BCUT2D eigenvalue weighted by molar-refractivity contribution is 6.32. The monoisotopic (exact) mass is 267 g/mol. The van der Waals surface area contributed by atoms with Crippen LogP contribution >= 0.6 is 11.6 Å². The Hall–Kier alpha value is -0.730. The molecule has 0 spiro atoms. The summed E-state index contributed by atoms with van der Waals surface area (Å²) < 4.78 is 5.17. The minimum absolute atomic E-state index is 0.0610. The molecule has 0 aromatic heterocycles. The maximum absolute atomic E-state index is 6.44. The van der Waals surface area contributed by atoms with Gasteiger partial charge >= 0.3 is 0 Å². The molecule has 0 bridgehead atoms. The molecule has 2 atom stereocenters. The van der Waals surface area contributed by atoms with Gasteiger partial charge in [0.05, 0.1) is 12.1 Å². The molecule has 1 aliphatic rings. The van der Waals surface area contributed by atoms with Gasteiger partial charge in [-0.3, -0.25) is 0 Å². The standard InChI is InChI=1S/C15H22ClNO/c1-15(2)8-4-5-11(15)14(17)10-6-7-13(18-3)12(16)9-10/h6-7,9,11,14H,4-5,8,17H2,1-3H3. The lowest BCUT2D eigenvalue weighted by Gasteiger charge is -2.32. The van der Waals surface area contributed by atoms with E-state index in [1.54, 1.807) is 7.11 Å². The largest absolute Gasteiger partial charge is 0.495 e. The topological polar surface area (TPSA) is 35.2 Å². The Bertz CT molecular complexity index is 431. The molecule has 0 amide bonds. The second-order valence-electron chi connectivity index (χ2n) is 5.91. The maximum Gasteiger partial charge on any atom is 0.137 e. The fraction of sp³-hybridized carbons (Fsp3) is 0.600. The predicted molar refractivity (Wildman–Crippen MR) is 76.1 cm³/mol. The van der Waals surface area contributed by atoms with E-state index in [0.717, 1.165) is 5.56 Å². The number of hydrogen-bond donors (Lipinski definition) is 1. The first-order valence-corrected chi connectivity index (χ1v) is 6.92. The van der Waals surface area contributed by atoms with Crippen molar-refractivity contribution in [1.82, 2.24) is 0 Å². The van der Waals surface area contributed by atoms with E-state index in [1.807, 2.05) is 18.2 Å². The predicted octanol–water partition coefficient (Wildman–Crippen LogP) is 4.17. The van der Waals surface area contributed by atoms with E-state index in [-0.39, 0.29) is 6.04 Å². The van der Waals surface area contributed by atoms with Crippen molar-refractivity contribution in [3.8, 4) is 5.75 Å². The fourth-order valence-electron chi connectivity index (χ4n) is 3.14. The average molecular weight is 268 g/mol. The minimum Gasteiger partial charge on any atom is -0.495 e. The maximum atomic E-state index is 6.44. The van der Waals surface area contributed by atoms with Crippen LogP contribution in [-0.2, 0) is 0 Å². The zero-order valence-corrected chi connectivity index (χ0v) is 12.1. The van der Waals surface area contributed by atoms with Crippen LogP contribution in [0.3, 0.4) is 0 Å². The molecule has 1 aromatic rings. The van der Waals surface area contributed by atoms with Gasteiger partial charge in [0.1, 0.15) is 5.75 Å². The quantitative estimate of drug-likeness (QED) is 0.892. The van der Waals surface area contributed by atoms with E-state index in [9.17, 15) is 0 Å². The van der Waals surface area contributed by atoms with Crippen LogP contribution in [0.25, 0.3) is 0 Å². The third-order valence-electron chi connectivity index (χ3n) is 4.33. The van der Waals surface area contributed by atoms with Crippen LogP contribution in [0.15, 0.2) is 18.2 Å². The first-order valence-electron chi connectivity index (χ1n) is 6.55. The van der Waals surface area contributed by atoms with Gasteiger partial charge in [0.15, 0.2) is 0 Å². The summed E-state index contributed by atoms with van der Waals surface area (Å²) in [6.45, 7) is 4.63. The summed E-state index contributed by atoms with van der Waals surface area (Å²) in [6.07, 6.45) is 3.74. The Morgan fingerprint density at radius 1 is 1.44 bits per heavy atom. The lowest BCUT2D eigenvalue weighted by atomic mass is 9.76. The molecule has 0 aliphatic heterocycles. The third-order valence-corrected chi connectivity index (χ3v) is 4.63. The van der Waals surface area contributed by atoms with E-state index in [1.165, 1.54) is 19.3 Å². The molecule has 100 valence electrons. The molecule has 0 heterocycles. The van der Waals surface area contributed by atoms with Gasteiger partial charge in [-0.1, -0.05) is 37.9 Å². The van der Waals surface area contributed by atoms with Crippen molar-refractivity contribution in [3.05, 3.63) is 28.8 Å². The number of halogens is 1. The molecule has 1 saturated carbocycles. The molecule has 2 nitrogen and oxygen atoms in total. The van der Waals surface area contributed by atoms with Gasteiger partial charge in [-0.05, 0) is 41.9 Å². The first kappa shape index (κ1) is 13.7. The molecule has 0 radical (unpaired) electrons. The number of nitrogens with two attached hydrogens (primary N) is 1. The summed E-state index contributed by atoms with van der Waals surface area (Å²) in [5.41, 5.74) is 7.87. The van der Waals surface area contributed by atoms with E-state index in [2.05, 4.69) is 13.8 Å². The lowest BCUT2D eigenvalue weighted by Crippen LogP contribution is -2.29. The van der Waals surface area contributed by atoms with Crippen molar-refractivity contribution in [2.24, 2.45) is 17.1 Å². The van der Waals surface area contributed by atoms with Crippen molar-refractivity contribution in [3.63, 3.8) is 0 Å². The Morgan fingerprint density at radius 3 is 2.67 bits per heavy atom. The molecule has 1 aliphatic carbocycles. The molecular weight excluding hydrogens is 246 g/mol. The number of ether oxygens (including phenoxy) is 1.